The van der Waals surface area contributed by atoms with Crippen LogP contribution in [0, 0.1) is 5.41 Å². The zero-order chi connectivity index (χ0) is 27.9. The molecule has 40 heavy (non-hydrogen) atoms. The van der Waals surface area contributed by atoms with Crippen LogP contribution in [0.3, 0.4) is 0 Å². The normalized spacial score (nSPS) is 17.7. The molecule has 2 aromatic heterocycles. The van der Waals surface area contributed by atoms with E-state index in [1.807, 2.05) is 50.1 Å². The number of anilines is 1. The number of hydrogen-bond acceptors (Lipinski definition) is 9. The fraction of sp³-hybridized carbons (Fsp3) is 0.483. The Balaban J connectivity index is 1.13. The number of nitrogens with one attached hydrogen (secondary N) is 1. The second-order valence-corrected chi connectivity index (χ2v) is 12.0. The summed E-state index contributed by atoms with van der Waals surface area (Å²) in [6.45, 7) is 10.1. The van der Waals surface area contributed by atoms with E-state index < -0.39 is 0 Å². The molecule has 3 aliphatic rings. The molecule has 0 bridgehead atoms. The predicted molar refractivity (Wildman–Crippen MR) is 155 cm³/mol. The third-order valence-corrected chi connectivity index (χ3v) is 8.51. The fourth-order valence-corrected chi connectivity index (χ4v) is 6.40. The van der Waals surface area contributed by atoms with Crippen LogP contribution in [0.1, 0.15) is 55.2 Å². The summed E-state index contributed by atoms with van der Waals surface area (Å²) in [5.41, 5.74) is 3.04. The average Bonchev–Trinajstić information content (AvgIpc) is 2.91. The Morgan fingerprint density at radius 1 is 1.23 bits per heavy atom. The van der Waals surface area contributed by atoms with E-state index in [0.717, 1.165) is 62.2 Å². The standard InChI is InChI=1S/C29H36N7O3P/c1-4-36(18(2)3)28(37)21-11-20(40)5-6-24(21)39-27-26(32-17-33-34-27)35-15-29(16-35)12-19(13-29)38-25-8-10-31-23-7-9-30-14-22(23)25/h5-6,8,10-11,17-19,30H,4,7,9,12-16,40H2,1-3H3. The molecule has 1 spiro atoms. The van der Waals surface area contributed by atoms with Crippen molar-refractivity contribution >= 4 is 26.3 Å². The Morgan fingerprint density at radius 2 is 2.05 bits per heavy atom. The lowest BCUT2D eigenvalue weighted by Gasteiger charge is -2.58. The van der Waals surface area contributed by atoms with Crippen molar-refractivity contribution in [2.75, 3.05) is 31.1 Å². The molecule has 11 heteroatoms. The molecule has 1 atom stereocenters. The SMILES string of the molecule is CCN(C(=O)c1cc(P)ccc1Oc1nncnc1N1CC2(CC(Oc3ccnc4c3CNCC4)C2)C1)C(C)C. The minimum Gasteiger partial charge on any atom is -0.490 e. The fourth-order valence-electron chi connectivity index (χ4n) is 6.14. The van der Waals surface area contributed by atoms with E-state index in [0.29, 0.717) is 29.6 Å². The van der Waals surface area contributed by atoms with Gasteiger partial charge in [-0.25, -0.2) is 4.98 Å². The van der Waals surface area contributed by atoms with E-state index >= 15 is 0 Å². The van der Waals surface area contributed by atoms with Crippen LogP contribution in [0.2, 0.25) is 0 Å². The van der Waals surface area contributed by atoms with E-state index in [4.69, 9.17) is 9.47 Å². The average molecular weight is 562 g/mol. The molecule has 4 heterocycles. The molecular weight excluding hydrogens is 525 g/mol. The van der Waals surface area contributed by atoms with Gasteiger partial charge in [0.05, 0.1) is 5.56 Å². The highest BCUT2D eigenvalue weighted by atomic mass is 31.0. The van der Waals surface area contributed by atoms with E-state index in [1.54, 1.807) is 6.07 Å². The number of rotatable bonds is 8. The van der Waals surface area contributed by atoms with Crippen LogP contribution in [0.25, 0.3) is 0 Å². The van der Waals surface area contributed by atoms with Gasteiger partial charge in [-0.05, 0) is 57.1 Å². The number of carbonyl (C=O) groups is 1. The van der Waals surface area contributed by atoms with E-state index in [1.165, 1.54) is 11.9 Å². The van der Waals surface area contributed by atoms with Gasteiger partial charge in [0, 0.05) is 68.1 Å². The monoisotopic (exact) mass is 561 g/mol. The van der Waals surface area contributed by atoms with Crippen molar-refractivity contribution in [3.8, 4) is 17.4 Å². The van der Waals surface area contributed by atoms with Crippen molar-refractivity contribution in [2.24, 2.45) is 5.41 Å². The first kappa shape index (κ1) is 26.8. The van der Waals surface area contributed by atoms with Gasteiger partial charge in [-0.3, -0.25) is 9.78 Å². The minimum atomic E-state index is -0.0788. The number of hydrogen-bond donors (Lipinski definition) is 1. The third-order valence-electron chi connectivity index (χ3n) is 8.15. The lowest BCUT2D eigenvalue weighted by Crippen LogP contribution is -2.65. The van der Waals surface area contributed by atoms with E-state index in [2.05, 4.69) is 39.6 Å². The Labute approximate surface area is 237 Å². The minimum absolute atomic E-state index is 0.0699. The number of aromatic nitrogens is 4. The van der Waals surface area contributed by atoms with Crippen LogP contribution in [-0.4, -0.2) is 69.3 Å². The molecule has 1 N–H and O–H groups in total. The third kappa shape index (κ3) is 5.10. The quantitative estimate of drug-likeness (QED) is 0.415. The maximum atomic E-state index is 13.4. The Morgan fingerprint density at radius 3 is 2.83 bits per heavy atom. The van der Waals surface area contributed by atoms with E-state index in [9.17, 15) is 4.79 Å². The second kappa shape index (κ2) is 10.9. The Kier molecular flexibility index (Phi) is 7.31. The van der Waals surface area contributed by atoms with E-state index in [-0.39, 0.29) is 23.5 Å². The largest absolute Gasteiger partial charge is 0.490 e. The summed E-state index contributed by atoms with van der Waals surface area (Å²) in [4.78, 5) is 26.4. The number of fused-ring (bicyclic) bond motifs is 1. The second-order valence-electron chi connectivity index (χ2n) is 11.3. The molecule has 1 aliphatic carbocycles. The lowest BCUT2D eigenvalue weighted by molar-refractivity contribution is -0.0350. The first-order valence-electron chi connectivity index (χ1n) is 14.0. The van der Waals surface area contributed by atoms with Gasteiger partial charge in [0.25, 0.3) is 11.8 Å². The number of ether oxygens (including phenoxy) is 2. The predicted octanol–water partition coefficient (Wildman–Crippen LogP) is 3.12. The molecule has 6 rings (SSSR count). The molecule has 1 unspecified atom stereocenters. The maximum Gasteiger partial charge on any atom is 0.282 e. The van der Waals surface area contributed by atoms with Crippen molar-refractivity contribution in [3.05, 3.63) is 53.6 Å². The first-order chi connectivity index (χ1) is 19.4. The highest BCUT2D eigenvalue weighted by Gasteiger charge is 2.54. The number of benzene rings is 1. The van der Waals surface area contributed by atoms with Gasteiger partial charge >= 0.3 is 0 Å². The Bertz CT molecular complexity index is 1400. The molecule has 0 radical (unpaired) electrons. The highest BCUT2D eigenvalue weighted by molar-refractivity contribution is 7.27. The molecule has 1 saturated heterocycles. The molecule has 210 valence electrons. The van der Waals surface area contributed by atoms with Crippen molar-refractivity contribution in [2.45, 2.75) is 58.7 Å². The summed E-state index contributed by atoms with van der Waals surface area (Å²) < 4.78 is 12.7. The van der Waals surface area contributed by atoms with Crippen LogP contribution in [0.5, 0.6) is 17.4 Å². The summed E-state index contributed by atoms with van der Waals surface area (Å²) >= 11 is 0. The zero-order valence-corrected chi connectivity index (χ0v) is 24.4. The summed E-state index contributed by atoms with van der Waals surface area (Å²) in [5.74, 6) is 2.28. The topological polar surface area (TPSA) is 106 Å². The van der Waals surface area contributed by atoms with Crippen molar-refractivity contribution in [1.82, 2.24) is 30.4 Å². The van der Waals surface area contributed by atoms with Crippen LogP contribution in [0.15, 0.2) is 36.8 Å². The van der Waals surface area contributed by atoms with Gasteiger partial charge in [0.2, 0.25) is 0 Å². The maximum absolute atomic E-state index is 13.4. The molecule has 1 saturated carbocycles. The number of carbonyl (C=O) groups excluding carboxylic acids is 1. The van der Waals surface area contributed by atoms with Crippen LogP contribution in [-0.2, 0) is 13.0 Å². The number of amides is 1. The molecule has 2 fully saturated rings. The highest BCUT2D eigenvalue weighted by Crippen LogP contribution is 2.52. The molecular formula is C29H36N7O3P. The van der Waals surface area contributed by atoms with Gasteiger partial charge in [-0.2, -0.15) is 0 Å². The summed E-state index contributed by atoms with van der Waals surface area (Å²) in [6, 6.07) is 7.60. The summed E-state index contributed by atoms with van der Waals surface area (Å²) in [5, 5.41) is 12.6. The van der Waals surface area contributed by atoms with Gasteiger partial charge < -0.3 is 24.6 Å². The summed E-state index contributed by atoms with van der Waals surface area (Å²) in [7, 11) is 2.65. The first-order valence-corrected chi connectivity index (χ1v) is 14.6. The Hall–Kier alpha value is -3.36. The number of nitrogens with zero attached hydrogens (tertiary/aromatic N) is 6. The van der Waals surface area contributed by atoms with Gasteiger partial charge in [-0.1, -0.05) is 6.07 Å². The van der Waals surface area contributed by atoms with Crippen LogP contribution in [0.4, 0.5) is 5.82 Å². The molecule has 1 amide bonds. The van der Waals surface area contributed by atoms with Crippen LogP contribution < -0.4 is 25.0 Å². The molecule has 10 nitrogen and oxygen atoms in total. The molecule has 2 aliphatic heterocycles. The van der Waals surface area contributed by atoms with Gasteiger partial charge in [-0.15, -0.1) is 19.4 Å². The number of pyridine rings is 1. The summed E-state index contributed by atoms with van der Waals surface area (Å²) in [6.07, 6.45) is 6.45. The lowest BCUT2D eigenvalue weighted by atomic mass is 9.61. The van der Waals surface area contributed by atoms with Gasteiger partial charge in [0.1, 0.15) is 23.9 Å². The molecule has 3 aromatic rings. The molecule has 1 aromatic carbocycles. The van der Waals surface area contributed by atoms with Crippen molar-refractivity contribution in [3.63, 3.8) is 0 Å². The van der Waals surface area contributed by atoms with Crippen molar-refractivity contribution in [1.29, 1.82) is 0 Å². The zero-order valence-electron chi connectivity index (χ0n) is 23.3. The van der Waals surface area contributed by atoms with Crippen molar-refractivity contribution < 1.29 is 14.3 Å². The smallest absolute Gasteiger partial charge is 0.282 e. The van der Waals surface area contributed by atoms with Gasteiger partial charge in [0.15, 0.2) is 5.82 Å². The van der Waals surface area contributed by atoms with Crippen LogP contribution >= 0.6 is 9.24 Å².